The van der Waals surface area contributed by atoms with Crippen molar-refractivity contribution in [1.82, 2.24) is 0 Å². The molecular formula is C11H13FO3. The van der Waals surface area contributed by atoms with E-state index in [-0.39, 0.29) is 12.2 Å². The van der Waals surface area contributed by atoms with Gasteiger partial charge in [-0.3, -0.25) is 0 Å². The van der Waals surface area contributed by atoms with Crippen molar-refractivity contribution in [3.63, 3.8) is 0 Å². The van der Waals surface area contributed by atoms with Gasteiger partial charge in [-0.05, 0) is 18.6 Å². The number of rotatable bonds is 5. The molecule has 0 spiro atoms. The van der Waals surface area contributed by atoms with E-state index in [1.807, 2.05) is 0 Å². The second kappa shape index (κ2) is 5.34. The molecule has 1 aromatic rings. The Balaban J connectivity index is 3.10. The van der Waals surface area contributed by atoms with Crippen LogP contribution in [0.25, 0.3) is 0 Å². The number of carbonyl (C=O) groups excluding carboxylic acids is 1. The monoisotopic (exact) mass is 212 g/mol. The first-order valence-electron chi connectivity index (χ1n) is 4.57. The van der Waals surface area contributed by atoms with E-state index in [0.29, 0.717) is 17.7 Å². The van der Waals surface area contributed by atoms with Crippen LogP contribution in [0.2, 0.25) is 0 Å². The maximum absolute atomic E-state index is 13.7. The molecule has 0 aliphatic heterocycles. The van der Waals surface area contributed by atoms with Crippen molar-refractivity contribution in [1.29, 1.82) is 0 Å². The number of ether oxygens (including phenoxy) is 2. The summed E-state index contributed by atoms with van der Waals surface area (Å²) in [5.74, 6) is 0.144. The van der Waals surface area contributed by atoms with Crippen LogP contribution in [0.4, 0.5) is 4.39 Å². The summed E-state index contributed by atoms with van der Waals surface area (Å²) in [5.41, 5.74) is 0.379. The van der Waals surface area contributed by atoms with Gasteiger partial charge in [0.1, 0.15) is 12.0 Å². The quantitative estimate of drug-likeness (QED) is 0.700. The summed E-state index contributed by atoms with van der Waals surface area (Å²) >= 11 is 0. The topological polar surface area (TPSA) is 35.5 Å². The molecule has 0 amide bonds. The van der Waals surface area contributed by atoms with Gasteiger partial charge in [-0.15, -0.1) is 0 Å². The van der Waals surface area contributed by atoms with Crippen LogP contribution in [-0.2, 0) is 11.2 Å². The summed E-state index contributed by atoms with van der Waals surface area (Å²) in [6.07, 6.45) is 1.33. The largest absolute Gasteiger partial charge is 0.496 e. The van der Waals surface area contributed by atoms with Crippen molar-refractivity contribution in [2.45, 2.75) is 12.8 Å². The molecule has 0 saturated heterocycles. The van der Waals surface area contributed by atoms with Crippen LogP contribution in [0.5, 0.6) is 11.5 Å². The lowest BCUT2D eigenvalue weighted by Gasteiger charge is -2.11. The maximum atomic E-state index is 13.7. The van der Waals surface area contributed by atoms with Crippen molar-refractivity contribution in [2.24, 2.45) is 0 Å². The van der Waals surface area contributed by atoms with E-state index in [0.717, 1.165) is 6.29 Å². The Bertz CT molecular complexity index is 350. The van der Waals surface area contributed by atoms with Gasteiger partial charge in [0.05, 0.1) is 14.2 Å². The van der Waals surface area contributed by atoms with E-state index < -0.39 is 5.82 Å². The Kier molecular flexibility index (Phi) is 4.09. The predicted molar refractivity (Wildman–Crippen MR) is 53.9 cm³/mol. The highest BCUT2D eigenvalue weighted by molar-refractivity contribution is 5.52. The molecule has 0 heterocycles. The molecule has 0 atom stereocenters. The smallest absolute Gasteiger partial charge is 0.171 e. The predicted octanol–water partition coefficient (Wildman–Crippen LogP) is 1.97. The normalized spacial score (nSPS) is 9.80. The molecule has 0 unspecified atom stereocenters. The van der Waals surface area contributed by atoms with Gasteiger partial charge in [0.2, 0.25) is 0 Å². The zero-order chi connectivity index (χ0) is 11.3. The molecule has 0 radical (unpaired) electrons. The van der Waals surface area contributed by atoms with E-state index >= 15 is 0 Å². The Morgan fingerprint density at radius 2 is 1.87 bits per heavy atom. The van der Waals surface area contributed by atoms with Gasteiger partial charge in [-0.25, -0.2) is 4.39 Å². The van der Waals surface area contributed by atoms with Crippen molar-refractivity contribution >= 4 is 6.29 Å². The van der Waals surface area contributed by atoms with Crippen molar-refractivity contribution in [3.05, 3.63) is 23.5 Å². The summed E-state index contributed by atoms with van der Waals surface area (Å²) in [5, 5.41) is 0. The summed E-state index contributed by atoms with van der Waals surface area (Å²) in [4.78, 5) is 10.2. The summed E-state index contributed by atoms with van der Waals surface area (Å²) in [6.45, 7) is 0. The zero-order valence-corrected chi connectivity index (χ0v) is 8.75. The molecule has 3 nitrogen and oxygen atoms in total. The van der Waals surface area contributed by atoms with Crippen LogP contribution in [0.3, 0.4) is 0 Å². The van der Waals surface area contributed by atoms with Crippen LogP contribution in [0.1, 0.15) is 12.0 Å². The second-order valence-corrected chi connectivity index (χ2v) is 2.97. The zero-order valence-electron chi connectivity index (χ0n) is 8.75. The van der Waals surface area contributed by atoms with Crippen molar-refractivity contribution in [2.75, 3.05) is 14.2 Å². The molecule has 82 valence electrons. The van der Waals surface area contributed by atoms with Crippen LogP contribution >= 0.6 is 0 Å². The lowest BCUT2D eigenvalue weighted by atomic mass is 10.1. The Morgan fingerprint density at radius 1 is 1.27 bits per heavy atom. The summed E-state index contributed by atoms with van der Waals surface area (Å²) in [7, 11) is 2.86. The summed E-state index contributed by atoms with van der Waals surface area (Å²) < 4.78 is 23.6. The molecule has 0 fully saturated rings. The van der Waals surface area contributed by atoms with E-state index in [4.69, 9.17) is 9.47 Å². The third-order valence-corrected chi connectivity index (χ3v) is 2.12. The van der Waals surface area contributed by atoms with Crippen LogP contribution in [0.15, 0.2) is 12.1 Å². The highest BCUT2D eigenvalue weighted by Crippen LogP contribution is 2.29. The number of benzene rings is 1. The average molecular weight is 212 g/mol. The first kappa shape index (κ1) is 11.5. The fraction of sp³-hybridized carbons (Fsp3) is 0.364. The van der Waals surface area contributed by atoms with Crippen molar-refractivity contribution < 1.29 is 18.7 Å². The maximum Gasteiger partial charge on any atom is 0.171 e. The third-order valence-electron chi connectivity index (χ3n) is 2.12. The van der Waals surface area contributed by atoms with Crippen LogP contribution < -0.4 is 9.47 Å². The minimum atomic E-state index is -0.460. The number of methoxy groups -OCH3 is 2. The van der Waals surface area contributed by atoms with Gasteiger partial charge in [-0.2, -0.15) is 0 Å². The van der Waals surface area contributed by atoms with E-state index in [9.17, 15) is 9.18 Å². The first-order chi connectivity index (χ1) is 7.24. The van der Waals surface area contributed by atoms with Gasteiger partial charge in [0.15, 0.2) is 11.6 Å². The molecule has 0 aliphatic rings. The van der Waals surface area contributed by atoms with E-state index in [2.05, 4.69) is 0 Å². The highest BCUT2D eigenvalue weighted by atomic mass is 19.1. The molecule has 1 rings (SSSR count). The average Bonchev–Trinajstić information content (AvgIpc) is 2.27. The molecule has 4 heteroatoms. The molecule has 0 saturated carbocycles. The Morgan fingerprint density at radius 3 is 2.40 bits per heavy atom. The summed E-state index contributed by atoms with van der Waals surface area (Å²) in [6, 6.07) is 3.13. The van der Waals surface area contributed by atoms with Crippen LogP contribution in [0, 0.1) is 5.82 Å². The Labute approximate surface area is 87.8 Å². The molecule has 0 N–H and O–H groups in total. The van der Waals surface area contributed by atoms with E-state index in [1.165, 1.54) is 20.3 Å². The van der Waals surface area contributed by atoms with Crippen LogP contribution in [-0.4, -0.2) is 20.5 Å². The van der Waals surface area contributed by atoms with Crippen molar-refractivity contribution in [3.8, 4) is 11.5 Å². The van der Waals surface area contributed by atoms with Gasteiger partial charge < -0.3 is 14.3 Å². The SMILES string of the molecule is COc1ccc(OC)c(CCC=O)c1F. The number of aldehydes is 1. The first-order valence-corrected chi connectivity index (χ1v) is 4.57. The molecule has 0 aliphatic carbocycles. The number of hydrogen-bond donors (Lipinski definition) is 0. The van der Waals surface area contributed by atoms with Gasteiger partial charge in [0, 0.05) is 12.0 Å². The number of halogens is 1. The third kappa shape index (κ3) is 2.46. The van der Waals surface area contributed by atoms with Gasteiger partial charge in [0.25, 0.3) is 0 Å². The lowest BCUT2D eigenvalue weighted by Crippen LogP contribution is -1.99. The number of hydrogen-bond acceptors (Lipinski definition) is 3. The standard InChI is InChI=1S/C11H13FO3/c1-14-9-5-6-10(15-2)11(12)8(9)4-3-7-13/h5-7H,3-4H2,1-2H3. The molecular weight excluding hydrogens is 199 g/mol. The second-order valence-electron chi connectivity index (χ2n) is 2.97. The fourth-order valence-electron chi connectivity index (χ4n) is 1.37. The molecule has 15 heavy (non-hydrogen) atoms. The van der Waals surface area contributed by atoms with Gasteiger partial charge >= 0.3 is 0 Å². The minimum absolute atomic E-state index is 0.164. The Hall–Kier alpha value is -1.58. The highest BCUT2D eigenvalue weighted by Gasteiger charge is 2.13. The minimum Gasteiger partial charge on any atom is -0.496 e. The molecule has 0 aromatic heterocycles. The molecule has 1 aromatic carbocycles. The van der Waals surface area contributed by atoms with E-state index in [1.54, 1.807) is 6.07 Å². The molecule has 0 bridgehead atoms. The fourth-order valence-corrected chi connectivity index (χ4v) is 1.37. The lowest BCUT2D eigenvalue weighted by molar-refractivity contribution is -0.107. The number of carbonyl (C=O) groups is 1. The van der Waals surface area contributed by atoms with Gasteiger partial charge in [-0.1, -0.05) is 0 Å².